The molecule has 0 aliphatic heterocycles. The summed E-state index contributed by atoms with van der Waals surface area (Å²) in [4.78, 5) is 11.9. The first kappa shape index (κ1) is 18.9. The maximum absolute atomic E-state index is 11.9. The van der Waals surface area contributed by atoms with Gasteiger partial charge in [-0.15, -0.1) is 0 Å². The second-order valence-corrected chi connectivity index (χ2v) is 5.07. The third-order valence-corrected chi connectivity index (χ3v) is 2.74. The predicted molar refractivity (Wildman–Crippen MR) is 91.0 cm³/mol. The molecule has 0 rings (SSSR count). The maximum atomic E-state index is 11.9. The van der Waals surface area contributed by atoms with Gasteiger partial charge in [0.15, 0.2) is 5.78 Å². The molecule has 0 fully saturated rings. The molecule has 2 heteroatoms. The highest BCUT2D eigenvalue weighted by atomic mass is 16.5. The average Bonchev–Trinajstić information content (AvgIpc) is 2.37. The van der Waals surface area contributed by atoms with Crippen LogP contribution in [0.15, 0.2) is 71.1 Å². The van der Waals surface area contributed by atoms with Gasteiger partial charge in [-0.1, -0.05) is 36.5 Å². The van der Waals surface area contributed by atoms with Crippen molar-refractivity contribution in [1.82, 2.24) is 0 Å². The average molecular weight is 286 g/mol. The van der Waals surface area contributed by atoms with Gasteiger partial charge in [0, 0.05) is 11.1 Å². The summed E-state index contributed by atoms with van der Waals surface area (Å²) in [6.07, 6.45) is 7.34. The molecule has 0 atom stereocenters. The summed E-state index contributed by atoms with van der Waals surface area (Å²) in [5.74, 6) is 0.669. The molecule has 0 saturated heterocycles. The highest BCUT2D eigenvalue weighted by Crippen LogP contribution is 2.27. The van der Waals surface area contributed by atoms with E-state index in [1.54, 1.807) is 13.2 Å². The minimum atomic E-state index is -0.0309. The quantitative estimate of drug-likeness (QED) is 0.371. The lowest BCUT2D eigenvalue weighted by molar-refractivity contribution is -0.113. The monoisotopic (exact) mass is 286 g/mol. The molecule has 0 aromatic carbocycles. The number of rotatable bonds is 7. The van der Waals surface area contributed by atoms with E-state index in [4.69, 9.17) is 4.74 Å². The first-order valence-electron chi connectivity index (χ1n) is 6.89. The van der Waals surface area contributed by atoms with E-state index in [9.17, 15) is 4.79 Å². The molecule has 0 radical (unpaired) electrons. The zero-order valence-corrected chi connectivity index (χ0v) is 14.0. The van der Waals surface area contributed by atoms with E-state index in [0.29, 0.717) is 11.3 Å². The number of ketones is 1. The summed E-state index contributed by atoms with van der Waals surface area (Å²) in [5, 5.41) is 0. The molecule has 0 bridgehead atoms. The van der Waals surface area contributed by atoms with Gasteiger partial charge in [0.05, 0.1) is 7.11 Å². The van der Waals surface area contributed by atoms with Crippen molar-refractivity contribution in [2.24, 2.45) is 0 Å². The van der Waals surface area contributed by atoms with Gasteiger partial charge < -0.3 is 4.74 Å². The Labute approximate surface area is 128 Å². The molecule has 0 unspecified atom stereocenters. The third-order valence-electron chi connectivity index (χ3n) is 2.74. The zero-order chi connectivity index (χ0) is 16.6. The Kier molecular flexibility index (Phi) is 8.07. The normalized spacial score (nSPS) is 13.2. The smallest absolute Gasteiger partial charge is 0.160 e. The molecule has 0 aliphatic carbocycles. The molecule has 0 aromatic heterocycles. The van der Waals surface area contributed by atoms with Crippen molar-refractivity contribution < 1.29 is 9.53 Å². The van der Waals surface area contributed by atoms with Gasteiger partial charge in [-0.25, -0.2) is 0 Å². The standard InChI is InChI=1S/C19H26O2/c1-9-16(15(7)20)17(11-13(3)4)18(12-14(5)6)19(10-2)21-8/h9-12H,1,5H2,2-4,6-8H3/b17-16-,18-12-,19-10?. The van der Waals surface area contributed by atoms with E-state index in [2.05, 4.69) is 13.2 Å². The Hall–Kier alpha value is -2.09. The topological polar surface area (TPSA) is 26.3 Å². The van der Waals surface area contributed by atoms with Crippen LogP contribution >= 0.6 is 0 Å². The molecule has 0 heterocycles. The molecular formula is C19H26O2. The van der Waals surface area contributed by atoms with E-state index < -0.39 is 0 Å². The number of hydrogen-bond donors (Lipinski definition) is 0. The van der Waals surface area contributed by atoms with Crippen LogP contribution < -0.4 is 0 Å². The summed E-state index contributed by atoms with van der Waals surface area (Å²) < 4.78 is 5.44. The number of ether oxygens (including phenoxy) is 1. The van der Waals surface area contributed by atoms with E-state index in [1.165, 1.54) is 6.92 Å². The van der Waals surface area contributed by atoms with Crippen LogP contribution in [-0.4, -0.2) is 12.9 Å². The highest BCUT2D eigenvalue weighted by molar-refractivity contribution is 5.98. The number of allylic oxidation sites excluding steroid dienone is 8. The van der Waals surface area contributed by atoms with Gasteiger partial charge in [0.25, 0.3) is 0 Å². The van der Waals surface area contributed by atoms with Gasteiger partial charge in [-0.2, -0.15) is 0 Å². The van der Waals surface area contributed by atoms with Crippen molar-refractivity contribution in [3.63, 3.8) is 0 Å². The highest BCUT2D eigenvalue weighted by Gasteiger charge is 2.15. The Morgan fingerprint density at radius 2 is 1.62 bits per heavy atom. The summed E-state index contributed by atoms with van der Waals surface area (Å²) in [6.45, 7) is 17.0. The van der Waals surface area contributed by atoms with Gasteiger partial charge in [0.2, 0.25) is 0 Å². The summed E-state index contributed by atoms with van der Waals surface area (Å²) in [6, 6.07) is 0. The molecule has 21 heavy (non-hydrogen) atoms. The number of Topliss-reactive ketones (excluding diaryl/α,β-unsaturated/α-hetero) is 1. The fraction of sp³-hybridized carbons (Fsp3) is 0.316. The largest absolute Gasteiger partial charge is 0.496 e. The van der Waals surface area contributed by atoms with Crippen LogP contribution in [0.1, 0.15) is 34.6 Å². The lowest BCUT2D eigenvalue weighted by Crippen LogP contribution is -2.04. The maximum Gasteiger partial charge on any atom is 0.160 e. The predicted octanol–water partition coefficient (Wildman–Crippen LogP) is 5.08. The van der Waals surface area contributed by atoms with Crippen molar-refractivity contribution in [2.75, 3.05) is 7.11 Å². The van der Waals surface area contributed by atoms with Crippen molar-refractivity contribution in [3.8, 4) is 0 Å². The minimum absolute atomic E-state index is 0.0309. The Balaban J connectivity index is 6.59. The first-order valence-corrected chi connectivity index (χ1v) is 6.89. The number of carbonyl (C=O) groups excluding carboxylic acids is 1. The van der Waals surface area contributed by atoms with Crippen molar-refractivity contribution in [1.29, 1.82) is 0 Å². The van der Waals surface area contributed by atoms with Gasteiger partial charge in [-0.05, 0) is 52.3 Å². The van der Waals surface area contributed by atoms with Crippen LogP contribution in [0.4, 0.5) is 0 Å². The lowest BCUT2D eigenvalue weighted by Gasteiger charge is -2.15. The number of hydrogen-bond acceptors (Lipinski definition) is 2. The lowest BCUT2D eigenvalue weighted by atomic mass is 9.93. The molecule has 0 N–H and O–H groups in total. The fourth-order valence-electron chi connectivity index (χ4n) is 1.94. The van der Waals surface area contributed by atoms with Crippen LogP contribution in [0.3, 0.4) is 0 Å². The fourth-order valence-corrected chi connectivity index (χ4v) is 1.94. The molecule has 0 saturated carbocycles. The van der Waals surface area contributed by atoms with Gasteiger partial charge in [0.1, 0.15) is 5.76 Å². The Bertz CT molecular complexity index is 548. The van der Waals surface area contributed by atoms with E-state index in [1.807, 2.05) is 45.9 Å². The van der Waals surface area contributed by atoms with Gasteiger partial charge >= 0.3 is 0 Å². The molecule has 0 amide bonds. The Morgan fingerprint density at radius 1 is 1.05 bits per heavy atom. The summed E-state index contributed by atoms with van der Waals surface area (Å²) in [5.41, 5.74) is 4.17. The van der Waals surface area contributed by atoms with Gasteiger partial charge in [-0.3, -0.25) is 4.79 Å². The van der Waals surface area contributed by atoms with Crippen LogP contribution in [0.5, 0.6) is 0 Å². The zero-order valence-electron chi connectivity index (χ0n) is 14.0. The molecule has 114 valence electrons. The molecular weight excluding hydrogens is 260 g/mol. The van der Waals surface area contributed by atoms with Crippen molar-refractivity contribution in [2.45, 2.75) is 34.6 Å². The summed E-state index contributed by atoms with van der Waals surface area (Å²) in [7, 11) is 1.61. The van der Waals surface area contributed by atoms with Crippen molar-refractivity contribution in [3.05, 3.63) is 71.1 Å². The van der Waals surface area contributed by atoms with Crippen LogP contribution in [0.2, 0.25) is 0 Å². The van der Waals surface area contributed by atoms with E-state index in [0.717, 1.165) is 22.3 Å². The molecule has 0 aromatic rings. The molecule has 0 aliphatic rings. The summed E-state index contributed by atoms with van der Waals surface area (Å²) >= 11 is 0. The van der Waals surface area contributed by atoms with E-state index in [-0.39, 0.29) is 5.78 Å². The minimum Gasteiger partial charge on any atom is -0.496 e. The van der Waals surface area contributed by atoms with Crippen molar-refractivity contribution >= 4 is 5.78 Å². The SMILES string of the molecule is C=C/C(C(C)=O)=C(C=C(C)C)/C(=C/C(=C)C)C(=CC)OC. The Morgan fingerprint density at radius 3 is 1.90 bits per heavy atom. The molecule has 2 nitrogen and oxygen atoms in total. The number of methoxy groups -OCH3 is 1. The number of carbonyl (C=O) groups is 1. The first-order chi connectivity index (χ1) is 9.78. The third kappa shape index (κ3) is 5.82. The molecule has 0 spiro atoms. The van der Waals surface area contributed by atoms with Crippen LogP contribution in [0.25, 0.3) is 0 Å². The second kappa shape index (κ2) is 8.96. The van der Waals surface area contributed by atoms with Crippen LogP contribution in [0, 0.1) is 0 Å². The van der Waals surface area contributed by atoms with Crippen LogP contribution in [-0.2, 0) is 9.53 Å². The second-order valence-electron chi connectivity index (χ2n) is 5.07. The van der Waals surface area contributed by atoms with E-state index >= 15 is 0 Å².